The highest BCUT2D eigenvalue weighted by molar-refractivity contribution is 5.98. The van der Waals surface area contributed by atoms with Gasteiger partial charge in [0.15, 0.2) is 6.61 Å². The smallest absolute Gasteiger partial charge is 0.416 e. The first-order valence-corrected chi connectivity index (χ1v) is 7.29. The fraction of sp³-hybridized carbons (Fsp3) is 0.235. The van der Waals surface area contributed by atoms with Crippen LogP contribution in [0.3, 0.4) is 0 Å². The van der Waals surface area contributed by atoms with Crippen molar-refractivity contribution in [2.45, 2.75) is 19.1 Å². The third-order valence-electron chi connectivity index (χ3n) is 3.95. The molecule has 0 saturated heterocycles. The van der Waals surface area contributed by atoms with E-state index in [2.05, 4.69) is 0 Å². The van der Waals surface area contributed by atoms with Crippen LogP contribution in [-0.2, 0) is 11.0 Å². The van der Waals surface area contributed by atoms with Crippen molar-refractivity contribution in [3.05, 3.63) is 53.6 Å². The molecule has 0 aliphatic carbocycles. The predicted molar refractivity (Wildman–Crippen MR) is 83.7 cm³/mol. The van der Waals surface area contributed by atoms with Crippen LogP contribution in [0.1, 0.15) is 24.1 Å². The van der Waals surface area contributed by atoms with Crippen LogP contribution in [0.25, 0.3) is 0 Å². The molecule has 0 fully saturated rings. The Morgan fingerprint density at radius 2 is 1.96 bits per heavy atom. The van der Waals surface area contributed by atoms with Crippen LogP contribution in [-0.4, -0.2) is 12.5 Å². The Morgan fingerprint density at radius 1 is 1.21 bits per heavy atom. The second kappa shape index (κ2) is 5.74. The highest BCUT2D eigenvalue weighted by Gasteiger charge is 2.33. The standard InChI is InChI=1S/C17H15F3N2O2/c1-10(11-3-2-4-12(7-11)17(18,19)20)22-14-6-5-13(21)8-15(14)24-9-16(22)23/h2-8,10H,9,21H2,1H3/t10-/m0/s1. The van der Waals surface area contributed by atoms with Crippen LogP contribution >= 0.6 is 0 Å². The molecule has 1 aliphatic heterocycles. The maximum atomic E-state index is 12.9. The number of nitrogen functional groups attached to an aromatic ring is 1. The Labute approximate surface area is 136 Å². The number of hydrogen-bond acceptors (Lipinski definition) is 3. The second-order valence-electron chi connectivity index (χ2n) is 5.58. The topological polar surface area (TPSA) is 55.6 Å². The zero-order chi connectivity index (χ0) is 17.5. The lowest BCUT2D eigenvalue weighted by Gasteiger charge is -2.34. The number of benzene rings is 2. The number of alkyl halides is 3. The maximum Gasteiger partial charge on any atom is 0.416 e. The first-order chi connectivity index (χ1) is 11.3. The van der Waals surface area contributed by atoms with Crippen molar-refractivity contribution >= 4 is 17.3 Å². The minimum Gasteiger partial charge on any atom is -0.481 e. The van der Waals surface area contributed by atoms with E-state index in [1.54, 1.807) is 31.2 Å². The fourth-order valence-electron chi connectivity index (χ4n) is 2.74. The van der Waals surface area contributed by atoms with Gasteiger partial charge in [-0.15, -0.1) is 0 Å². The number of nitrogens with two attached hydrogens (primary N) is 1. The number of nitrogens with zero attached hydrogens (tertiary/aromatic N) is 1. The number of ether oxygens (including phenoxy) is 1. The molecule has 0 spiro atoms. The Balaban J connectivity index is 2.01. The van der Waals surface area contributed by atoms with E-state index in [9.17, 15) is 18.0 Å². The van der Waals surface area contributed by atoms with E-state index in [1.807, 2.05) is 0 Å². The maximum absolute atomic E-state index is 12.9. The molecule has 7 heteroatoms. The van der Waals surface area contributed by atoms with Gasteiger partial charge in [0.1, 0.15) is 5.75 Å². The summed E-state index contributed by atoms with van der Waals surface area (Å²) in [7, 11) is 0. The quantitative estimate of drug-likeness (QED) is 0.849. The molecule has 0 saturated carbocycles. The van der Waals surface area contributed by atoms with Crippen LogP contribution in [0.5, 0.6) is 5.75 Å². The Kier molecular flexibility index (Phi) is 3.87. The van der Waals surface area contributed by atoms with Gasteiger partial charge in [0.25, 0.3) is 5.91 Å². The summed E-state index contributed by atoms with van der Waals surface area (Å²) in [5, 5.41) is 0. The number of rotatable bonds is 2. The molecule has 0 bridgehead atoms. The summed E-state index contributed by atoms with van der Waals surface area (Å²) in [5.74, 6) is 0.116. The van der Waals surface area contributed by atoms with Gasteiger partial charge >= 0.3 is 6.18 Å². The van der Waals surface area contributed by atoms with Crippen molar-refractivity contribution in [1.82, 2.24) is 0 Å². The SMILES string of the molecule is C[C@@H](c1cccc(C(F)(F)F)c1)N1C(=O)COc2cc(N)ccc21. The largest absolute Gasteiger partial charge is 0.481 e. The van der Waals surface area contributed by atoms with Crippen molar-refractivity contribution < 1.29 is 22.7 Å². The van der Waals surface area contributed by atoms with Crippen LogP contribution in [0.15, 0.2) is 42.5 Å². The lowest BCUT2D eigenvalue weighted by molar-refractivity contribution is -0.137. The van der Waals surface area contributed by atoms with Crippen molar-refractivity contribution in [2.24, 2.45) is 0 Å². The monoisotopic (exact) mass is 336 g/mol. The van der Waals surface area contributed by atoms with Crippen LogP contribution in [0, 0.1) is 0 Å². The van der Waals surface area contributed by atoms with E-state index >= 15 is 0 Å². The fourth-order valence-corrected chi connectivity index (χ4v) is 2.74. The number of amides is 1. The Bertz CT molecular complexity index is 790. The van der Waals surface area contributed by atoms with Gasteiger partial charge in [-0.05, 0) is 36.8 Å². The van der Waals surface area contributed by atoms with Gasteiger partial charge in [-0.3, -0.25) is 9.69 Å². The summed E-state index contributed by atoms with van der Waals surface area (Å²) in [5.41, 5.74) is 6.33. The minimum absolute atomic E-state index is 0.181. The predicted octanol–water partition coefficient (Wildman–Crippen LogP) is 3.77. The molecule has 1 aliphatic rings. The molecule has 0 radical (unpaired) electrons. The highest BCUT2D eigenvalue weighted by atomic mass is 19.4. The molecule has 3 rings (SSSR count). The molecular formula is C17H15F3N2O2. The lowest BCUT2D eigenvalue weighted by atomic mass is 10.0. The molecule has 2 aromatic carbocycles. The number of carbonyl (C=O) groups excluding carboxylic acids is 1. The van der Waals surface area contributed by atoms with E-state index in [0.29, 0.717) is 22.7 Å². The van der Waals surface area contributed by atoms with E-state index in [-0.39, 0.29) is 12.5 Å². The number of carbonyl (C=O) groups is 1. The van der Waals surface area contributed by atoms with Crippen molar-refractivity contribution in [3.8, 4) is 5.75 Å². The van der Waals surface area contributed by atoms with E-state index < -0.39 is 17.8 Å². The average Bonchev–Trinajstić information content (AvgIpc) is 2.54. The van der Waals surface area contributed by atoms with Gasteiger partial charge in [0, 0.05) is 11.8 Å². The Hall–Kier alpha value is -2.70. The van der Waals surface area contributed by atoms with Crippen LogP contribution < -0.4 is 15.4 Å². The van der Waals surface area contributed by atoms with Gasteiger partial charge < -0.3 is 10.5 Å². The molecule has 1 amide bonds. The van der Waals surface area contributed by atoms with Crippen LogP contribution in [0.2, 0.25) is 0 Å². The molecule has 126 valence electrons. The highest BCUT2D eigenvalue weighted by Crippen LogP contribution is 2.39. The summed E-state index contributed by atoms with van der Waals surface area (Å²) >= 11 is 0. The van der Waals surface area contributed by atoms with E-state index in [4.69, 9.17) is 10.5 Å². The molecule has 24 heavy (non-hydrogen) atoms. The van der Waals surface area contributed by atoms with Gasteiger partial charge in [0.2, 0.25) is 0 Å². The molecule has 2 N–H and O–H groups in total. The van der Waals surface area contributed by atoms with Crippen molar-refractivity contribution in [3.63, 3.8) is 0 Å². The molecule has 2 aromatic rings. The molecule has 1 atom stereocenters. The summed E-state index contributed by atoms with van der Waals surface area (Å²) < 4.78 is 44.1. The third-order valence-corrected chi connectivity index (χ3v) is 3.95. The first-order valence-electron chi connectivity index (χ1n) is 7.29. The first kappa shape index (κ1) is 16.2. The molecular weight excluding hydrogens is 321 g/mol. The molecule has 0 unspecified atom stereocenters. The summed E-state index contributed by atoms with van der Waals surface area (Å²) in [4.78, 5) is 13.7. The number of anilines is 2. The molecule has 1 heterocycles. The van der Waals surface area contributed by atoms with Gasteiger partial charge in [-0.1, -0.05) is 12.1 Å². The third kappa shape index (κ3) is 2.89. The van der Waals surface area contributed by atoms with E-state index in [1.165, 1.54) is 11.0 Å². The van der Waals surface area contributed by atoms with Crippen molar-refractivity contribution in [1.29, 1.82) is 0 Å². The van der Waals surface area contributed by atoms with Gasteiger partial charge in [-0.2, -0.15) is 13.2 Å². The number of halogens is 3. The van der Waals surface area contributed by atoms with Crippen LogP contribution in [0.4, 0.5) is 24.5 Å². The Morgan fingerprint density at radius 3 is 2.67 bits per heavy atom. The van der Waals surface area contributed by atoms with Gasteiger partial charge in [0.05, 0.1) is 17.3 Å². The number of fused-ring (bicyclic) bond motifs is 1. The summed E-state index contributed by atoms with van der Waals surface area (Å²) in [6.45, 7) is 1.50. The molecule has 4 nitrogen and oxygen atoms in total. The molecule has 0 aromatic heterocycles. The van der Waals surface area contributed by atoms with Crippen molar-refractivity contribution in [2.75, 3.05) is 17.2 Å². The van der Waals surface area contributed by atoms with E-state index in [0.717, 1.165) is 12.1 Å². The zero-order valence-corrected chi connectivity index (χ0v) is 12.8. The normalized spacial score (nSPS) is 15.7. The minimum atomic E-state index is -4.43. The second-order valence-corrected chi connectivity index (χ2v) is 5.58. The average molecular weight is 336 g/mol. The lowest BCUT2D eigenvalue weighted by Crippen LogP contribution is -2.40. The summed E-state index contributed by atoms with van der Waals surface area (Å²) in [6, 6.07) is 9.23. The van der Waals surface area contributed by atoms with Gasteiger partial charge in [-0.25, -0.2) is 0 Å². The number of hydrogen-bond donors (Lipinski definition) is 1. The summed E-state index contributed by atoms with van der Waals surface area (Å²) in [6.07, 6.45) is -4.43. The zero-order valence-electron chi connectivity index (χ0n) is 12.8.